The fourth-order valence-electron chi connectivity index (χ4n) is 2.76. The predicted octanol–water partition coefficient (Wildman–Crippen LogP) is -1.37. The molecule has 0 aliphatic carbocycles. The number of benzene rings is 2. The first-order valence-electron chi connectivity index (χ1n) is 9.15. The third-order valence-corrected chi connectivity index (χ3v) is 5.04. The predicted molar refractivity (Wildman–Crippen MR) is 119 cm³/mol. The van der Waals surface area contributed by atoms with Crippen molar-refractivity contribution in [2.24, 2.45) is 0 Å². The lowest BCUT2D eigenvalue weighted by atomic mass is 10.2. The largest absolute Gasteiger partial charge is 1.00 e. The Morgan fingerprint density at radius 2 is 0.800 bits per heavy atom. The maximum absolute atomic E-state index is 4.39. The van der Waals surface area contributed by atoms with Crippen molar-refractivity contribution >= 4 is 25.3 Å². The van der Waals surface area contributed by atoms with Gasteiger partial charge in [-0.25, -0.2) is 0 Å². The summed E-state index contributed by atoms with van der Waals surface area (Å²) in [6.45, 7) is 1.75. The van der Waals surface area contributed by atoms with Crippen molar-refractivity contribution in [2.75, 3.05) is 0 Å². The topological polar surface area (TPSA) is 7.76 Å². The number of rotatable bonds is 4. The molecule has 0 N–H and O–H groups in total. The highest BCUT2D eigenvalue weighted by Crippen LogP contribution is 2.02. The molecule has 0 aliphatic rings. The first-order chi connectivity index (χ1) is 13.7. The van der Waals surface area contributed by atoms with Crippen LogP contribution in [0.4, 0.5) is 0 Å². The molecule has 0 radical (unpaired) electrons. The van der Waals surface area contributed by atoms with Crippen LogP contribution in [-0.2, 0) is 13.1 Å². The Hall–Kier alpha value is -1.98. The Kier molecular flexibility index (Phi) is 12.2. The third kappa shape index (κ3) is 8.41. The lowest BCUT2D eigenvalue weighted by Crippen LogP contribution is -3.00. The van der Waals surface area contributed by atoms with E-state index in [0.717, 1.165) is 23.1 Å². The molecule has 0 spiro atoms. The van der Waals surface area contributed by atoms with Gasteiger partial charge in [0.2, 0.25) is 10.1 Å². The fourth-order valence-corrected chi connectivity index (χ4v) is 3.21. The van der Waals surface area contributed by atoms with Gasteiger partial charge in [-0.2, -0.15) is 9.13 Å². The van der Waals surface area contributed by atoms with E-state index in [1.54, 1.807) is 0 Å². The number of hydrogen-bond acceptors (Lipinski definition) is 2. The van der Waals surface area contributed by atoms with E-state index in [1.165, 1.54) is 11.1 Å². The van der Waals surface area contributed by atoms with E-state index in [-0.39, 0.29) is 24.8 Å². The SMILES string of the molecule is Sc1cccc[n+]1Cc1ccccc1.Sc1cccc[n+]1Cc1ccccc1.[Cl-].[Cl-]. The summed E-state index contributed by atoms with van der Waals surface area (Å²) in [5.41, 5.74) is 2.58. The van der Waals surface area contributed by atoms with Gasteiger partial charge in [-0.3, -0.25) is 0 Å². The normalized spacial score (nSPS) is 9.40. The van der Waals surface area contributed by atoms with Crippen LogP contribution in [0.2, 0.25) is 0 Å². The number of nitrogens with zero attached hydrogens (tertiary/aromatic N) is 2. The average Bonchev–Trinajstić information content (AvgIpc) is 2.74. The van der Waals surface area contributed by atoms with E-state index in [0.29, 0.717) is 0 Å². The highest BCUT2D eigenvalue weighted by molar-refractivity contribution is 7.80. The van der Waals surface area contributed by atoms with Crippen LogP contribution >= 0.6 is 25.3 Å². The molecule has 4 aromatic rings. The zero-order valence-corrected chi connectivity index (χ0v) is 19.7. The van der Waals surface area contributed by atoms with E-state index in [9.17, 15) is 0 Å². The monoisotopic (exact) mass is 474 g/mol. The second-order valence-electron chi connectivity index (χ2n) is 6.34. The molecule has 0 amide bonds. The van der Waals surface area contributed by atoms with E-state index in [1.807, 2.05) is 60.9 Å². The molecule has 0 aliphatic heterocycles. The summed E-state index contributed by atoms with van der Waals surface area (Å²) in [5.74, 6) is 0. The summed E-state index contributed by atoms with van der Waals surface area (Å²) in [6.07, 6.45) is 4.07. The van der Waals surface area contributed by atoms with Gasteiger partial charge < -0.3 is 24.8 Å². The van der Waals surface area contributed by atoms with E-state index >= 15 is 0 Å². The zero-order valence-electron chi connectivity index (χ0n) is 16.4. The minimum Gasteiger partial charge on any atom is -1.00 e. The van der Waals surface area contributed by atoms with Gasteiger partial charge in [-0.1, -0.05) is 85.9 Å². The zero-order chi connectivity index (χ0) is 19.6. The molecule has 2 aromatic carbocycles. The first-order valence-corrected chi connectivity index (χ1v) is 10.0. The van der Waals surface area contributed by atoms with Gasteiger partial charge in [0.15, 0.2) is 25.5 Å². The van der Waals surface area contributed by atoms with Gasteiger partial charge in [0, 0.05) is 35.4 Å². The third-order valence-electron chi connectivity index (χ3n) is 4.22. The van der Waals surface area contributed by atoms with Gasteiger partial charge in [-0.05, 0) is 12.1 Å². The fraction of sp³-hybridized carbons (Fsp3) is 0.0833. The molecule has 0 atom stereocenters. The molecule has 6 heteroatoms. The number of aromatic nitrogens is 2. The van der Waals surface area contributed by atoms with Crippen LogP contribution in [0, 0.1) is 0 Å². The lowest BCUT2D eigenvalue weighted by Gasteiger charge is -1.98. The highest BCUT2D eigenvalue weighted by atomic mass is 35.5. The van der Waals surface area contributed by atoms with Gasteiger partial charge in [0.1, 0.15) is 0 Å². The van der Waals surface area contributed by atoms with Crippen molar-refractivity contribution in [3.05, 3.63) is 121 Å². The quantitative estimate of drug-likeness (QED) is 0.266. The molecule has 2 aromatic heterocycles. The summed E-state index contributed by atoms with van der Waals surface area (Å²) in [6, 6.07) is 32.7. The van der Waals surface area contributed by atoms with E-state index in [2.05, 4.69) is 82.9 Å². The number of hydrogen-bond donors (Lipinski definition) is 2. The van der Waals surface area contributed by atoms with Crippen LogP contribution in [0.15, 0.2) is 120 Å². The van der Waals surface area contributed by atoms with E-state index in [4.69, 9.17) is 0 Å². The second-order valence-corrected chi connectivity index (χ2v) is 7.26. The van der Waals surface area contributed by atoms with Crippen LogP contribution in [-0.4, -0.2) is 0 Å². The van der Waals surface area contributed by atoms with Crippen LogP contribution in [0.1, 0.15) is 11.1 Å². The Bertz CT molecular complexity index is 917. The molecule has 0 unspecified atom stereocenters. The molecule has 2 nitrogen and oxygen atoms in total. The van der Waals surface area contributed by atoms with Crippen molar-refractivity contribution in [3.8, 4) is 0 Å². The summed E-state index contributed by atoms with van der Waals surface area (Å²) in [5, 5.41) is 1.97. The van der Waals surface area contributed by atoms with Gasteiger partial charge >= 0.3 is 0 Å². The number of thiol groups is 2. The van der Waals surface area contributed by atoms with Crippen molar-refractivity contribution in [1.82, 2.24) is 0 Å². The average molecular weight is 476 g/mol. The van der Waals surface area contributed by atoms with Crippen LogP contribution < -0.4 is 33.9 Å². The molecule has 2 heterocycles. The lowest BCUT2D eigenvalue weighted by molar-refractivity contribution is -0.724. The summed E-state index contributed by atoms with van der Waals surface area (Å²) < 4.78 is 4.22. The van der Waals surface area contributed by atoms with Crippen LogP contribution in [0.5, 0.6) is 0 Å². The molecule has 4 rings (SSSR count). The Labute approximate surface area is 202 Å². The molecule has 0 saturated carbocycles. The standard InChI is InChI=1S/2C12H11NS.2ClH/c2*14-12-8-4-5-9-13(12)10-11-6-2-1-3-7-11;;/h2*1-9H,10H2;2*1H. The van der Waals surface area contributed by atoms with Crippen molar-refractivity contribution in [3.63, 3.8) is 0 Å². The van der Waals surface area contributed by atoms with Crippen molar-refractivity contribution in [1.29, 1.82) is 0 Å². The molecule has 0 saturated heterocycles. The number of halogens is 2. The van der Waals surface area contributed by atoms with Crippen molar-refractivity contribution < 1.29 is 33.9 Å². The summed E-state index contributed by atoms with van der Waals surface area (Å²) >= 11 is 8.78. The van der Waals surface area contributed by atoms with Gasteiger partial charge in [0.25, 0.3) is 0 Å². The van der Waals surface area contributed by atoms with Crippen LogP contribution in [0.25, 0.3) is 0 Å². The highest BCUT2D eigenvalue weighted by Gasteiger charge is 2.06. The Morgan fingerprint density at radius 3 is 1.13 bits per heavy atom. The molecule has 156 valence electrons. The molecule has 0 fully saturated rings. The first kappa shape index (κ1) is 26.1. The summed E-state index contributed by atoms with van der Waals surface area (Å²) in [4.78, 5) is 0. The Balaban J connectivity index is 0.000000281. The van der Waals surface area contributed by atoms with Crippen molar-refractivity contribution in [2.45, 2.75) is 23.1 Å². The molecule has 30 heavy (non-hydrogen) atoms. The molecular weight excluding hydrogens is 451 g/mol. The molecule has 0 bridgehead atoms. The maximum atomic E-state index is 4.39. The summed E-state index contributed by atoms with van der Waals surface area (Å²) in [7, 11) is 0. The van der Waals surface area contributed by atoms with Gasteiger partial charge in [-0.15, -0.1) is 0 Å². The smallest absolute Gasteiger partial charge is 0.237 e. The second kappa shape index (κ2) is 14.1. The Morgan fingerprint density at radius 1 is 0.467 bits per heavy atom. The van der Waals surface area contributed by atoms with Crippen LogP contribution in [0.3, 0.4) is 0 Å². The minimum absolute atomic E-state index is 0. The molecular formula is C24H24Cl2N2S2. The van der Waals surface area contributed by atoms with E-state index < -0.39 is 0 Å². The maximum Gasteiger partial charge on any atom is 0.237 e. The van der Waals surface area contributed by atoms with Gasteiger partial charge in [0.05, 0.1) is 0 Å². The minimum atomic E-state index is 0. The number of pyridine rings is 2.